The second-order valence-electron chi connectivity index (χ2n) is 3.05. The molecular formula is C9H13BrN4O. The van der Waals surface area contributed by atoms with Gasteiger partial charge >= 0.3 is 0 Å². The molecular weight excluding hydrogens is 260 g/mol. The number of carbonyl (C=O) groups is 1. The molecule has 0 saturated heterocycles. The van der Waals surface area contributed by atoms with Crippen LogP contribution in [-0.4, -0.2) is 29.5 Å². The van der Waals surface area contributed by atoms with E-state index in [4.69, 9.17) is 0 Å². The van der Waals surface area contributed by atoms with Crippen LogP contribution in [-0.2, 0) is 4.79 Å². The van der Waals surface area contributed by atoms with E-state index in [0.29, 0.717) is 11.6 Å². The zero-order valence-electron chi connectivity index (χ0n) is 8.89. The van der Waals surface area contributed by atoms with Crippen LogP contribution in [0.15, 0.2) is 4.47 Å². The number of hydrogen-bond donors (Lipinski definition) is 2. The predicted molar refractivity (Wildman–Crippen MR) is 61.8 cm³/mol. The highest BCUT2D eigenvalue weighted by molar-refractivity contribution is 9.10. The standard InChI is InChI=1S/C9H13BrN4O/c1-5-8(10)9(14-6(2)13-5)12-4-7(15)11-3/h4H2,1-3H3,(H,11,15)(H,12,13,14). The first-order valence-electron chi connectivity index (χ1n) is 4.49. The van der Waals surface area contributed by atoms with Crippen LogP contribution in [0.2, 0.25) is 0 Å². The molecule has 6 heteroatoms. The molecule has 15 heavy (non-hydrogen) atoms. The first kappa shape index (κ1) is 11.9. The Balaban J connectivity index is 2.81. The number of halogens is 1. The Bertz CT molecular complexity index is 381. The van der Waals surface area contributed by atoms with Crippen LogP contribution in [0, 0.1) is 13.8 Å². The zero-order valence-corrected chi connectivity index (χ0v) is 10.5. The number of likely N-dealkylation sites (N-methyl/N-ethyl adjacent to an activating group) is 1. The maximum atomic E-state index is 11.0. The maximum Gasteiger partial charge on any atom is 0.239 e. The molecule has 0 bridgehead atoms. The molecule has 0 fully saturated rings. The molecule has 0 radical (unpaired) electrons. The molecule has 1 aromatic rings. The van der Waals surface area contributed by atoms with Gasteiger partial charge in [-0.3, -0.25) is 4.79 Å². The van der Waals surface area contributed by atoms with Crippen molar-refractivity contribution in [3.05, 3.63) is 16.0 Å². The van der Waals surface area contributed by atoms with E-state index in [-0.39, 0.29) is 12.5 Å². The van der Waals surface area contributed by atoms with Crippen molar-refractivity contribution in [3.63, 3.8) is 0 Å². The summed E-state index contributed by atoms with van der Waals surface area (Å²) in [6, 6.07) is 0. The SMILES string of the molecule is CNC(=O)CNc1nc(C)nc(C)c1Br. The molecule has 1 aromatic heterocycles. The van der Waals surface area contributed by atoms with Gasteiger partial charge in [0.25, 0.3) is 0 Å². The highest BCUT2D eigenvalue weighted by Gasteiger charge is 2.07. The van der Waals surface area contributed by atoms with E-state index in [1.165, 1.54) is 0 Å². The summed E-state index contributed by atoms with van der Waals surface area (Å²) in [5, 5.41) is 5.46. The van der Waals surface area contributed by atoms with Crippen LogP contribution >= 0.6 is 15.9 Å². The smallest absolute Gasteiger partial charge is 0.239 e. The molecule has 0 atom stereocenters. The van der Waals surface area contributed by atoms with Gasteiger partial charge < -0.3 is 10.6 Å². The lowest BCUT2D eigenvalue weighted by Crippen LogP contribution is -2.26. The van der Waals surface area contributed by atoms with E-state index >= 15 is 0 Å². The summed E-state index contributed by atoms with van der Waals surface area (Å²) in [5.41, 5.74) is 0.849. The van der Waals surface area contributed by atoms with Gasteiger partial charge in [0.15, 0.2) is 0 Å². The highest BCUT2D eigenvalue weighted by atomic mass is 79.9. The monoisotopic (exact) mass is 272 g/mol. The van der Waals surface area contributed by atoms with Gasteiger partial charge in [0, 0.05) is 7.05 Å². The molecule has 0 aromatic carbocycles. The van der Waals surface area contributed by atoms with Crippen LogP contribution in [0.3, 0.4) is 0 Å². The van der Waals surface area contributed by atoms with Gasteiger partial charge in [-0.15, -0.1) is 0 Å². The lowest BCUT2D eigenvalue weighted by Gasteiger charge is -2.09. The number of rotatable bonds is 3. The highest BCUT2D eigenvalue weighted by Crippen LogP contribution is 2.22. The third-order valence-corrected chi connectivity index (χ3v) is 2.77. The average Bonchev–Trinajstić information content (AvgIpc) is 2.20. The van der Waals surface area contributed by atoms with Gasteiger partial charge in [-0.05, 0) is 29.8 Å². The van der Waals surface area contributed by atoms with Crippen molar-refractivity contribution in [3.8, 4) is 0 Å². The molecule has 0 spiro atoms. The minimum Gasteiger partial charge on any atom is -0.360 e. The molecule has 1 heterocycles. The van der Waals surface area contributed by atoms with Crippen molar-refractivity contribution in [1.29, 1.82) is 0 Å². The number of hydrogen-bond acceptors (Lipinski definition) is 4. The maximum absolute atomic E-state index is 11.0. The number of amides is 1. The first-order chi connectivity index (χ1) is 7.04. The molecule has 0 aliphatic heterocycles. The van der Waals surface area contributed by atoms with E-state index in [2.05, 4.69) is 36.5 Å². The Morgan fingerprint density at radius 1 is 1.40 bits per heavy atom. The summed E-state index contributed by atoms with van der Waals surface area (Å²) in [7, 11) is 1.59. The molecule has 0 aliphatic rings. The van der Waals surface area contributed by atoms with Gasteiger partial charge in [-0.25, -0.2) is 9.97 Å². The Labute approximate surface area is 96.8 Å². The van der Waals surface area contributed by atoms with Gasteiger partial charge in [-0.1, -0.05) is 0 Å². The number of aromatic nitrogens is 2. The Morgan fingerprint density at radius 2 is 2.07 bits per heavy atom. The fraction of sp³-hybridized carbons (Fsp3) is 0.444. The van der Waals surface area contributed by atoms with E-state index < -0.39 is 0 Å². The van der Waals surface area contributed by atoms with E-state index in [9.17, 15) is 4.79 Å². The number of carbonyl (C=O) groups excluding carboxylic acids is 1. The fourth-order valence-corrected chi connectivity index (χ4v) is 1.39. The number of nitrogens with one attached hydrogen (secondary N) is 2. The van der Waals surface area contributed by atoms with Crippen molar-refractivity contribution in [2.75, 3.05) is 18.9 Å². The third-order valence-electron chi connectivity index (χ3n) is 1.82. The van der Waals surface area contributed by atoms with Crippen molar-refractivity contribution in [2.24, 2.45) is 0 Å². The van der Waals surface area contributed by atoms with Crippen LogP contribution < -0.4 is 10.6 Å². The molecule has 82 valence electrons. The quantitative estimate of drug-likeness (QED) is 0.862. The largest absolute Gasteiger partial charge is 0.360 e. The second-order valence-corrected chi connectivity index (χ2v) is 3.84. The molecule has 5 nitrogen and oxygen atoms in total. The predicted octanol–water partition coefficient (Wildman–Crippen LogP) is 1.01. The second kappa shape index (κ2) is 5.06. The van der Waals surface area contributed by atoms with Gasteiger partial charge in [0.2, 0.25) is 5.91 Å². The third kappa shape index (κ3) is 3.16. The Hall–Kier alpha value is -1.17. The lowest BCUT2D eigenvalue weighted by atomic mass is 10.4. The van der Waals surface area contributed by atoms with Crippen LogP contribution in [0.5, 0.6) is 0 Å². The molecule has 1 rings (SSSR count). The fourth-order valence-electron chi connectivity index (χ4n) is 1.07. The van der Waals surface area contributed by atoms with Gasteiger partial charge in [-0.2, -0.15) is 0 Å². The normalized spacial score (nSPS) is 9.87. The lowest BCUT2D eigenvalue weighted by molar-refractivity contribution is -0.118. The summed E-state index contributed by atoms with van der Waals surface area (Å²) in [5.74, 6) is 1.23. The van der Waals surface area contributed by atoms with Crippen molar-refractivity contribution >= 4 is 27.7 Å². The topological polar surface area (TPSA) is 66.9 Å². The van der Waals surface area contributed by atoms with Crippen LogP contribution in [0.4, 0.5) is 5.82 Å². The Morgan fingerprint density at radius 3 is 2.67 bits per heavy atom. The van der Waals surface area contributed by atoms with E-state index in [1.807, 2.05) is 13.8 Å². The van der Waals surface area contributed by atoms with Crippen molar-refractivity contribution < 1.29 is 4.79 Å². The molecule has 0 aliphatic carbocycles. The van der Waals surface area contributed by atoms with Gasteiger partial charge in [0.05, 0.1) is 16.7 Å². The number of aryl methyl sites for hydroxylation is 2. The molecule has 0 saturated carbocycles. The summed E-state index contributed by atoms with van der Waals surface area (Å²) in [4.78, 5) is 19.4. The summed E-state index contributed by atoms with van der Waals surface area (Å²) < 4.78 is 0.789. The minimum absolute atomic E-state index is 0.0872. The van der Waals surface area contributed by atoms with Crippen molar-refractivity contribution in [1.82, 2.24) is 15.3 Å². The van der Waals surface area contributed by atoms with Gasteiger partial charge in [0.1, 0.15) is 11.6 Å². The molecule has 0 unspecified atom stereocenters. The molecule has 2 N–H and O–H groups in total. The number of nitrogens with zero attached hydrogens (tertiary/aromatic N) is 2. The van der Waals surface area contributed by atoms with Crippen LogP contribution in [0.1, 0.15) is 11.5 Å². The van der Waals surface area contributed by atoms with E-state index in [1.54, 1.807) is 7.05 Å². The van der Waals surface area contributed by atoms with Crippen LogP contribution in [0.25, 0.3) is 0 Å². The number of anilines is 1. The summed E-state index contributed by atoms with van der Waals surface area (Å²) in [6.45, 7) is 3.89. The minimum atomic E-state index is -0.0872. The summed E-state index contributed by atoms with van der Waals surface area (Å²) >= 11 is 3.37. The van der Waals surface area contributed by atoms with Crippen molar-refractivity contribution in [2.45, 2.75) is 13.8 Å². The molecule has 1 amide bonds. The average molecular weight is 273 g/mol. The Kier molecular flexibility index (Phi) is 4.02. The first-order valence-corrected chi connectivity index (χ1v) is 5.29. The van der Waals surface area contributed by atoms with E-state index in [0.717, 1.165) is 10.2 Å². The zero-order chi connectivity index (χ0) is 11.4. The summed E-state index contributed by atoms with van der Waals surface area (Å²) in [6.07, 6.45) is 0.